The standard InChI is InChI=1S/C21H29N5O/c1-12(2)17-9-8-15(20(22-5)24-17)18-14(4)23-19-16(13(3)11-27-7)10-26(6)21(19)25-18/h8-10,12-13H,11H2,1-7H3,(H,22,24). The molecule has 0 aliphatic rings. The highest BCUT2D eigenvalue weighted by atomic mass is 16.5. The van der Waals surface area contributed by atoms with Crippen LogP contribution >= 0.6 is 0 Å². The monoisotopic (exact) mass is 367 g/mol. The van der Waals surface area contributed by atoms with Crippen molar-refractivity contribution in [2.24, 2.45) is 7.05 Å². The second kappa shape index (κ2) is 7.64. The average molecular weight is 367 g/mol. The van der Waals surface area contributed by atoms with Crippen molar-refractivity contribution in [3.05, 3.63) is 35.3 Å². The van der Waals surface area contributed by atoms with Gasteiger partial charge < -0.3 is 14.6 Å². The minimum atomic E-state index is 0.262. The van der Waals surface area contributed by atoms with E-state index in [4.69, 9.17) is 19.7 Å². The van der Waals surface area contributed by atoms with E-state index in [9.17, 15) is 0 Å². The van der Waals surface area contributed by atoms with E-state index in [0.29, 0.717) is 12.5 Å². The minimum absolute atomic E-state index is 0.262. The average Bonchev–Trinajstić information content (AvgIpc) is 2.96. The summed E-state index contributed by atoms with van der Waals surface area (Å²) in [5.74, 6) is 1.47. The van der Waals surface area contributed by atoms with E-state index in [2.05, 4.69) is 44.4 Å². The number of anilines is 1. The summed E-state index contributed by atoms with van der Waals surface area (Å²) in [6.45, 7) is 9.11. The summed E-state index contributed by atoms with van der Waals surface area (Å²) in [7, 11) is 5.63. The van der Waals surface area contributed by atoms with Crippen LogP contribution in [0.15, 0.2) is 18.3 Å². The molecule has 0 bridgehead atoms. The molecule has 0 fully saturated rings. The SMILES string of the molecule is CNc1nc(C(C)C)ccc1-c1nc2c(nc1C)c(C(C)COC)cn2C. The zero-order valence-corrected chi connectivity index (χ0v) is 17.3. The van der Waals surface area contributed by atoms with Crippen molar-refractivity contribution in [2.75, 3.05) is 26.1 Å². The molecule has 0 aliphatic carbocycles. The number of fused-ring (bicyclic) bond motifs is 1. The number of nitrogens with zero attached hydrogens (tertiary/aromatic N) is 4. The quantitative estimate of drug-likeness (QED) is 0.705. The Morgan fingerprint density at radius 1 is 1.15 bits per heavy atom. The molecule has 3 heterocycles. The van der Waals surface area contributed by atoms with Gasteiger partial charge in [-0.1, -0.05) is 20.8 Å². The summed E-state index contributed by atoms with van der Waals surface area (Å²) in [5.41, 5.74) is 6.78. The molecule has 3 aromatic heterocycles. The molecule has 1 atom stereocenters. The lowest BCUT2D eigenvalue weighted by Gasteiger charge is -2.14. The van der Waals surface area contributed by atoms with Crippen LogP contribution < -0.4 is 5.32 Å². The molecule has 0 spiro atoms. The molecule has 3 rings (SSSR count). The lowest BCUT2D eigenvalue weighted by molar-refractivity contribution is 0.184. The maximum atomic E-state index is 5.33. The number of hydrogen-bond donors (Lipinski definition) is 1. The Morgan fingerprint density at radius 2 is 1.89 bits per heavy atom. The van der Waals surface area contributed by atoms with Gasteiger partial charge in [0, 0.05) is 50.1 Å². The summed E-state index contributed by atoms with van der Waals surface area (Å²) < 4.78 is 7.37. The molecular formula is C21H29N5O. The fourth-order valence-electron chi connectivity index (χ4n) is 3.41. The number of aromatic nitrogens is 4. The van der Waals surface area contributed by atoms with Crippen LogP contribution in [0.2, 0.25) is 0 Å². The molecule has 3 aromatic rings. The first-order chi connectivity index (χ1) is 12.9. The molecule has 6 nitrogen and oxygen atoms in total. The van der Waals surface area contributed by atoms with E-state index in [1.54, 1.807) is 7.11 Å². The first kappa shape index (κ1) is 19.3. The van der Waals surface area contributed by atoms with Gasteiger partial charge in [-0.15, -0.1) is 0 Å². The predicted molar refractivity (Wildman–Crippen MR) is 110 cm³/mol. The minimum Gasteiger partial charge on any atom is -0.384 e. The predicted octanol–water partition coefficient (Wildman–Crippen LogP) is 4.25. The summed E-state index contributed by atoms with van der Waals surface area (Å²) in [5, 5.41) is 3.22. The number of nitrogens with one attached hydrogen (secondary N) is 1. The van der Waals surface area contributed by atoms with Crippen LogP contribution in [0.1, 0.15) is 49.6 Å². The van der Waals surface area contributed by atoms with Crippen molar-refractivity contribution in [3.63, 3.8) is 0 Å². The number of methoxy groups -OCH3 is 1. The molecule has 0 saturated heterocycles. The van der Waals surface area contributed by atoms with Crippen LogP contribution in [-0.2, 0) is 11.8 Å². The zero-order chi connectivity index (χ0) is 19.7. The van der Waals surface area contributed by atoms with Crippen LogP contribution in [0, 0.1) is 6.92 Å². The van der Waals surface area contributed by atoms with Gasteiger partial charge in [0.05, 0.1) is 18.0 Å². The van der Waals surface area contributed by atoms with Crippen molar-refractivity contribution in [1.82, 2.24) is 19.5 Å². The lowest BCUT2D eigenvalue weighted by atomic mass is 10.0. The van der Waals surface area contributed by atoms with Gasteiger partial charge in [-0.2, -0.15) is 0 Å². The number of hydrogen-bond acceptors (Lipinski definition) is 5. The molecule has 0 aromatic carbocycles. The fraction of sp³-hybridized carbons (Fsp3) is 0.476. The summed E-state index contributed by atoms with van der Waals surface area (Å²) in [6, 6.07) is 4.16. The van der Waals surface area contributed by atoms with E-state index in [1.807, 2.05) is 25.6 Å². The fourth-order valence-corrected chi connectivity index (χ4v) is 3.41. The Kier molecular flexibility index (Phi) is 5.46. The van der Waals surface area contributed by atoms with Gasteiger partial charge in [0.25, 0.3) is 0 Å². The van der Waals surface area contributed by atoms with Gasteiger partial charge in [-0.3, -0.25) is 0 Å². The number of rotatable bonds is 6. The van der Waals surface area contributed by atoms with Gasteiger partial charge in [-0.05, 0) is 25.0 Å². The third-order valence-corrected chi connectivity index (χ3v) is 4.94. The molecule has 0 aliphatic heterocycles. The van der Waals surface area contributed by atoms with Gasteiger partial charge in [0.1, 0.15) is 11.3 Å². The Bertz CT molecular complexity index is 961. The van der Waals surface area contributed by atoms with Crippen LogP contribution in [0.25, 0.3) is 22.4 Å². The molecule has 6 heteroatoms. The highest BCUT2D eigenvalue weighted by molar-refractivity contribution is 5.82. The molecule has 1 unspecified atom stereocenters. The Morgan fingerprint density at radius 3 is 2.52 bits per heavy atom. The Labute approximate surface area is 161 Å². The van der Waals surface area contributed by atoms with Crippen molar-refractivity contribution < 1.29 is 4.74 Å². The highest BCUT2D eigenvalue weighted by Gasteiger charge is 2.19. The topological polar surface area (TPSA) is 64.9 Å². The van der Waals surface area contributed by atoms with E-state index in [1.165, 1.54) is 5.56 Å². The smallest absolute Gasteiger partial charge is 0.159 e. The van der Waals surface area contributed by atoms with E-state index >= 15 is 0 Å². The number of ether oxygens (including phenoxy) is 1. The third kappa shape index (κ3) is 3.54. The second-order valence-corrected chi connectivity index (χ2v) is 7.42. The Hall–Kier alpha value is -2.47. The second-order valence-electron chi connectivity index (χ2n) is 7.42. The maximum absolute atomic E-state index is 5.33. The van der Waals surface area contributed by atoms with Crippen molar-refractivity contribution in [2.45, 2.75) is 39.5 Å². The number of aryl methyl sites for hydroxylation is 2. The molecule has 0 amide bonds. The van der Waals surface area contributed by atoms with E-state index in [-0.39, 0.29) is 5.92 Å². The molecule has 0 radical (unpaired) electrons. The first-order valence-electron chi connectivity index (χ1n) is 9.38. The highest BCUT2D eigenvalue weighted by Crippen LogP contribution is 2.32. The molecule has 144 valence electrons. The summed E-state index contributed by atoms with van der Waals surface area (Å²) >= 11 is 0. The van der Waals surface area contributed by atoms with Crippen molar-refractivity contribution in [1.29, 1.82) is 0 Å². The zero-order valence-electron chi connectivity index (χ0n) is 17.3. The first-order valence-corrected chi connectivity index (χ1v) is 9.38. The molecule has 0 saturated carbocycles. The third-order valence-electron chi connectivity index (χ3n) is 4.94. The van der Waals surface area contributed by atoms with Crippen molar-refractivity contribution in [3.8, 4) is 11.3 Å². The van der Waals surface area contributed by atoms with Crippen LogP contribution in [-0.4, -0.2) is 40.3 Å². The maximum Gasteiger partial charge on any atom is 0.159 e. The van der Waals surface area contributed by atoms with E-state index < -0.39 is 0 Å². The van der Waals surface area contributed by atoms with Gasteiger partial charge >= 0.3 is 0 Å². The number of pyridine rings is 1. The van der Waals surface area contributed by atoms with E-state index in [0.717, 1.165) is 39.6 Å². The van der Waals surface area contributed by atoms with Crippen LogP contribution in [0.3, 0.4) is 0 Å². The lowest BCUT2D eigenvalue weighted by Crippen LogP contribution is -2.04. The Balaban J connectivity index is 2.17. The van der Waals surface area contributed by atoms with Gasteiger partial charge in [-0.25, -0.2) is 15.0 Å². The normalized spacial score (nSPS) is 12.7. The van der Waals surface area contributed by atoms with Crippen LogP contribution in [0.5, 0.6) is 0 Å². The summed E-state index contributed by atoms with van der Waals surface area (Å²) in [4.78, 5) is 14.7. The molecule has 1 N–H and O–H groups in total. The van der Waals surface area contributed by atoms with Gasteiger partial charge in [0.2, 0.25) is 0 Å². The van der Waals surface area contributed by atoms with Gasteiger partial charge in [0.15, 0.2) is 5.65 Å². The molecular weight excluding hydrogens is 338 g/mol. The van der Waals surface area contributed by atoms with Crippen molar-refractivity contribution >= 4 is 17.0 Å². The molecule has 27 heavy (non-hydrogen) atoms. The largest absolute Gasteiger partial charge is 0.384 e. The summed E-state index contributed by atoms with van der Waals surface area (Å²) in [6.07, 6.45) is 2.11. The van der Waals surface area contributed by atoms with Crippen LogP contribution in [0.4, 0.5) is 5.82 Å².